The summed E-state index contributed by atoms with van der Waals surface area (Å²) in [7, 11) is 0. The van der Waals surface area contributed by atoms with E-state index in [1.165, 1.54) is 6.92 Å². The molecule has 0 aromatic heterocycles. The largest absolute Gasteiger partial charge is 0.432 e. The minimum Gasteiger partial charge on any atom is -0.432 e. The first kappa shape index (κ1) is 50.8. The highest BCUT2D eigenvalue weighted by Crippen LogP contribution is 2.73. The van der Waals surface area contributed by atoms with Crippen LogP contribution >= 0.6 is 0 Å². The van der Waals surface area contributed by atoms with Crippen LogP contribution in [0.4, 0.5) is 0 Å². The summed E-state index contributed by atoms with van der Waals surface area (Å²) in [4.78, 5) is 14.3. The smallest absolute Gasteiger partial charge is 0.314 e. The molecule has 8 aliphatic rings. The number of hydrogen-bond donors (Lipinski definition) is 13. The van der Waals surface area contributed by atoms with E-state index in [4.69, 9.17) is 37.9 Å². The maximum Gasteiger partial charge on any atom is 0.314 e. The van der Waals surface area contributed by atoms with Gasteiger partial charge in [-0.2, -0.15) is 0 Å². The van der Waals surface area contributed by atoms with Crippen LogP contribution in [-0.4, -0.2) is 221 Å². The van der Waals surface area contributed by atoms with Crippen molar-refractivity contribution in [1.29, 1.82) is 0 Å². The summed E-state index contributed by atoms with van der Waals surface area (Å²) in [5, 5.41) is 138. The average molecular weight is 951 g/mol. The van der Waals surface area contributed by atoms with Gasteiger partial charge in [-0.1, -0.05) is 19.9 Å². The average Bonchev–Trinajstić information content (AvgIpc) is 3.48. The molecule has 22 nitrogen and oxygen atoms in total. The van der Waals surface area contributed by atoms with E-state index in [0.717, 1.165) is 12.0 Å². The molecule has 4 heterocycles. The van der Waals surface area contributed by atoms with Crippen molar-refractivity contribution < 1.29 is 109 Å². The number of hydrogen-bond acceptors (Lipinski definition) is 22. The van der Waals surface area contributed by atoms with E-state index in [9.17, 15) is 71.2 Å². The topological polar surface area (TPSA) is 354 Å². The molecule has 4 saturated heterocycles. The van der Waals surface area contributed by atoms with Crippen LogP contribution in [-0.2, 0) is 42.7 Å². The zero-order valence-electron chi connectivity index (χ0n) is 37.4. The molecule has 378 valence electrons. The van der Waals surface area contributed by atoms with E-state index in [-0.39, 0.29) is 17.3 Å². The molecule has 13 N–H and O–H groups in total. The molecule has 26 atom stereocenters. The highest BCUT2D eigenvalue weighted by molar-refractivity contribution is 5.77. The van der Waals surface area contributed by atoms with Gasteiger partial charge in [-0.3, -0.25) is 4.79 Å². The lowest BCUT2D eigenvalue weighted by atomic mass is 9.41. The van der Waals surface area contributed by atoms with Crippen LogP contribution in [0.3, 0.4) is 0 Å². The van der Waals surface area contributed by atoms with Crippen LogP contribution < -0.4 is 0 Å². The van der Waals surface area contributed by atoms with E-state index < -0.39 is 165 Å². The van der Waals surface area contributed by atoms with Crippen LogP contribution in [0.25, 0.3) is 0 Å². The first-order chi connectivity index (χ1) is 31.1. The summed E-state index contributed by atoms with van der Waals surface area (Å²) in [5.74, 6) is -0.757. The third-order valence-electron chi connectivity index (χ3n) is 17.0. The van der Waals surface area contributed by atoms with Crippen molar-refractivity contribution in [1.82, 2.24) is 0 Å². The number of esters is 1. The molecule has 0 aromatic rings. The minimum absolute atomic E-state index is 0.0460. The molecule has 4 saturated carbocycles. The van der Waals surface area contributed by atoms with Gasteiger partial charge in [0.05, 0.1) is 36.9 Å². The maximum absolute atomic E-state index is 14.3. The molecule has 0 aromatic carbocycles. The van der Waals surface area contributed by atoms with Gasteiger partial charge in [0.2, 0.25) is 6.29 Å². The van der Waals surface area contributed by atoms with E-state index in [0.29, 0.717) is 51.4 Å². The van der Waals surface area contributed by atoms with E-state index in [1.807, 2.05) is 6.92 Å². The van der Waals surface area contributed by atoms with Gasteiger partial charge in [-0.25, -0.2) is 0 Å². The Morgan fingerprint density at radius 1 is 0.606 bits per heavy atom. The molecule has 8 fully saturated rings. The maximum atomic E-state index is 14.3. The van der Waals surface area contributed by atoms with E-state index in [1.54, 1.807) is 0 Å². The van der Waals surface area contributed by atoms with Crippen molar-refractivity contribution in [2.45, 2.75) is 207 Å². The van der Waals surface area contributed by atoms with Gasteiger partial charge >= 0.3 is 5.97 Å². The molecule has 8 rings (SSSR count). The monoisotopic (exact) mass is 950 g/mol. The molecule has 1 spiro atoms. The third-order valence-corrected chi connectivity index (χ3v) is 17.0. The molecule has 4 aliphatic heterocycles. The first-order valence-corrected chi connectivity index (χ1v) is 23.2. The van der Waals surface area contributed by atoms with Crippen molar-refractivity contribution in [3.8, 4) is 0 Å². The molecular weight excluding hydrogens is 880 g/mol. The van der Waals surface area contributed by atoms with Crippen LogP contribution in [0, 0.1) is 28.1 Å². The van der Waals surface area contributed by atoms with Gasteiger partial charge in [0, 0.05) is 0 Å². The fourth-order valence-corrected chi connectivity index (χ4v) is 13.4. The Labute approximate surface area is 381 Å². The molecule has 1 unspecified atom stereocenters. The van der Waals surface area contributed by atoms with E-state index >= 15 is 0 Å². The molecule has 22 heteroatoms. The SMILES string of the molecule is C=C1C[C@@]23CC[C@H]4[C@@](C)(CCC[C@@]4(C)C(=O)OC4O[C@H](CO)[C@@H](O)[C@H](O)[C@H]4O)[C@@H]2CC[C@]1(O[C@@H]1O[C@H](CO)[C@@H](O)[C@H](O[C@@H]2O[C@H](C)[C@@H](O)[C@H](O)[C@H]2O)[C@H]1O[C@@H]1O[C@H](CO)[C@@H](O)[C@H](O)[C@H]1O)C3. The number of aliphatic hydroxyl groups is 13. The van der Waals surface area contributed by atoms with Gasteiger partial charge < -0.3 is 104 Å². The lowest BCUT2D eigenvalue weighted by molar-refractivity contribution is -0.399. The van der Waals surface area contributed by atoms with Crippen molar-refractivity contribution in [2.75, 3.05) is 19.8 Å². The van der Waals surface area contributed by atoms with E-state index in [2.05, 4.69) is 13.5 Å². The minimum atomic E-state index is -1.92. The second kappa shape index (κ2) is 18.9. The van der Waals surface area contributed by atoms with Crippen molar-refractivity contribution in [2.24, 2.45) is 28.1 Å². The molecule has 0 amide bonds. The highest BCUT2D eigenvalue weighted by atomic mass is 16.8. The van der Waals surface area contributed by atoms with Gasteiger partial charge in [0.25, 0.3) is 0 Å². The Morgan fingerprint density at radius 2 is 1.12 bits per heavy atom. The van der Waals surface area contributed by atoms with Crippen LogP contribution in [0.5, 0.6) is 0 Å². The predicted molar refractivity (Wildman–Crippen MR) is 218 cm³/mol. The van der Waals surface area contributed by atoms with Crippen LogP contribution in [0.15, 0.2) is 12.2 Å². The summed E-state index contributed by atoms with van der Waals surface area (Å²) >= 11 is 0. The number of ether oxygens (including phenoxy) is 8. The third kappa shape index (κ3) is 8.30. The molecule has 2 bridgehead atoms. The number of carbonyl (C=O) groups is 1. The highest BCUT2D eigenvalue weighted by Gasteiger charge is 2.70. The zero-order valence-corrected chi connectivity index (χ0v) is 37.4. The summed E-state index contributed by atoms with van der Waals surface area (Å²) in [6.45, 7) is 7.76. The Balaban J connectivity index is 1.06. The molecule has 0 radical (unpaired) electrons. The first-order valence-electron chi connectivity index (χ1n) is 23.2. The van der Waals surface area contributed by atoms with Gasteiger partial charge in [-0.15, -0.1) is 0 Å². The summed E-state index contributed by atoms with van der Waals surface area (Å²) in [5.41, 5.74) is -2.21. The zero-order chi connectivity index (χ0) is 48.0. The van der Waals surface area contributed by atoms with Crippen molar-refractivity contribution >= 4 is 5.97 Å². The van der Waals surface area contributed by atoms with Gasteiger partial charge in [-0.05, 0) is 93.5 Å². The summed E-state index contributed by atoms with van der Waals surface area (Å²) in [6, 6.07) is 0. The lowest BCUT2D eigenvalue weighted by Crippen LogP contribution is -2.67. The number of carbonyl (C=O) groups excluding carboxylic acids is 1. The Kier molecular flexibility index (Phi) is 14.5. The normalized spacial score (nSPS) is 55.2. The second-order valence-corrected chi connectivity index (χ2v) is 20.8. The Bertz CT molecular complexity index is 1740. The molecular formula is C44H70O22. The Hall–Kier alpha value is -1.59. The quantitative estimate of drug-likeness (QED) is 0.0532. The van der Waals surface area contributed by atoms with Gasteiger partial charge in [0.15, 0.2) is 18.9 Å². The van der Waals surface area contributed by atoms with Crippen molar-refractivity contribution in [3.05, 3.63) is 12.2 Å². The summed E-state index contributed by atoms with van der Waals surface area (Å²) in [6.07, 6.45) is -27.4. The summed E-state index contributed by atoms with van der Waals surface area (Å²) < 4.78 is 48.4. The lowest BCUT2D eigenvalue weighted by Gasteiger charge is -2.64. The van der Waals surface area contributed by atoms with Crippen molar-refractivity contribution in [3.63, 3.8) is 0 Å². The number of fused-ring (bicyclic) bond motifs is 3. The van der Waals surface area contributed by atoms with Crippen LogP contribution in [0.2, 0.25) is 0 Å². The number of rotatable bonds is 11. The van der Waals surface area contributed by atoms with Crippen LogP contribution in [0.1, 0.15) is 78.6 Å². The fourth-order valence-electron chi connectivity index (χ4n) is 13.4. The fraction of sp³-hybridized carbons (Fsp3) is 0.932. The molecule has 66 heavy (non-hydrogen) atoms. The Morgan fingerprint density at radius 3 is 1.74 bits per heavy atom. The second-order valence-electron chi connectivity index (χ2n) is 20.8. The molecule has 4 aliphatic carbocycles. The predicted octanol–water partition coefficient (Wildman–Crippen LogP) is -4.09. The van der Waals surface area contributed by atoms with Gasteiger partial charge in [0.1, 0.15) is 91.6 Å². The number of aliphatic hydroxyl groups excluding tert-OH is 13. The standard InChI is InChI=1S/C44H70O22/c1-17-12-43-10-6-22-41(3,8-5-9-42(22,4)40(58)65-38-33(57)30(54)26(50)20(14-46)61-38)23(43)7-11-44(17,16-43)66-39-35(64-37-32(56)29(53)25(49)19(13-45)60-37)34(27(51)21(15-47)62-39)63-36-31(55)28(52)24(48)18(2)59-36/h18-39,45-57H,1,5-16H2,2-4H3/t18-,19-,20-,21-,22+,23+,24-,25-,26-,27-,28+,29+,30+,31-,32-,33-,34+,35-,36+,37+,38?,39+,41-,42-,43-,44+/m1/s1.